The number of rotatable bonds is 7. The Morgan fingerprint density at radius 1 is 1.03 bits per heavy atom. The topological polar surface area (TPSA) is 151 Å². The Bertz CT molecular complexity index is 1120. The van der Waals surface area contributed by atoms with E-state index in [-0.39, 0.29) is 16.9 Å². The van der Waals surface area contributed by atoms with Crippen LogP contribution in [-0.2, 0) is 10.0 Å². The van der Waals surface area contributed by atoms with Gasteiger partial charge in [0.1, 0.15) is 4.90 Å². The number of hydrazone groups is 1. The molecule has 164 valence electrons. The molecule has 10 nitrogen and oxygen atoms in total. The fourth-order valence-electron chi connectivity index (χ4n) is 3.29. The number of hydrogen-bond acceptors (Lipinski definition) is 7. The summed E-state index contributed by atoms with van der Waals surface area (Å²) in [7, 11) is -4.37. The van der Waals surface area contributed by atoms with E-state index >= 15 is 0 Å². The summed E-state index contributed by atoms with van der Waals surface area (Å²) >= 11 is 0. The molecule has 3 N–H and O–H groups in total. The summed E-state index contributed by atoms with van der Waals surface area (Å²) in [4.78, 5) is 21.5. The van der Waals surface area contributed by atoms with Crippen LogP contribution in [0.4, 0.5) is 17.1 Å². The Kier molecular flexibility index (Phi) is 6.85. The Balaban J connectivity index is 1.99. The summed E-state index contributed by atoms with van der Waals surface area (Å²) in [5.74, 6) is -1.31. The molecular weight excluding hydrogens is 424 g/mol. The lowest BCUT2D eigenvalue weighted by atomic mass is 10.2. The SMILES string of the molecule is O=C(O)c1ccccc1NS(=O)(=O)c1cc([N+](=O)[O-])ccc1NN=C1CCCCCC1. The first-order valence-electron chi connectivity index (χ1n) is 9.73. The van der Waals surface area contributed by atoms with Gasteiger partial charge in [-0.2, -0.15) is 5.10 Å². The highest BCUT2D eigenvalue weighted by Gasteiger charge is 2.24. The predicted octanol–water partition coefficient (Wildman–Crippen LogP) is 4.22. The third-order valence-corrected chi connectivity index (χ3v) is 6.29. The van der Waals surface area contributed by atoms with Gasteiger partial charge >= 0.3 is 5.97 Å². The van der Waals surface area contributed by atoms with Crippen molar-refractivity contribution in [2.75, 3.05) is 10.1 Å². The monoisotopic (exact) mass is 446 g/mol. The molecule has 0 spiro atoms. The number of nitro groups is 1. The molecule has 1 aliphatic carbocycles. The second kappa shape index (κ2) is 9.56. The van der Waals surface area contributed by atoms with Crippen molar-refractivity contribution in [3.63, 3.8) is 0 Å². The van der Waals surface area contributed by atoms with E-state index < -0.39 is 31.5 Å². The average Bonchev–Trinajstić information content (AvgIpc) is 3.01. The fraction of sp³-hybridized carbons (Fsp3) is 0.300. The molecule has 3 rings (SSSR count). The van der Waals surface area contributed by atoms with Gasteiger partial charge in [-0.1, -0.05) is 25.0 Å². The van der Waals surface area contributed by atoms with Crippen molar-refractivity contribution in [3.05, 3.63) is 58.1 Å². The molecule has 0 heterocycles. The van der Waals surface area contributed by atoms with Crippen molar-refractivity contribution < 1.29 is 23.2 Å². The highest BCUT2D eigenvalue weighted by Crippen LogP contribution is 2.29. The van der Waals surface area contributed by atoms with Crippen LogP contribution in [0.3, 0.4) is 0 Å². The lowest BCUT2D eigenvalue weighted by Crippen LogP contribution is -2.17. The van der Waals surface area contributed by atoms with Crippen molar-refractivity contribution in [1.29, 1.82) is 0 Å². The Hall–Kier alpha value is -3.47. The molecule has 2 aromatic carbocycles. The van der Waals surface area contributed by atoms with Gasteiger partial charge in [-0.05, 0) is 43.9 Å². The average molecular weight is 446 g/mol. The summed E-state index contributed by atoms with van der Waals surface area (Å²) in [6.07, 6.45) is 5.82. The predicted molar refractivity (Wildman–Crippen MR) is 116 cm³/mol. The lowest BCUT2D eigenvalue weighted by molar-refractivity contribution is -0.385. The van der Waals surface area contributed by atoms with Crippen LogP contribution < -0.4 is 10.1 Å². The summed E-state index contributed by atoms with van der Waals surface area (Å²) < 4.78 is 28.3. The molecule has 0 aliphatic heterocycles. The minimum absolute atomic E-state index is 0.0580. The second-order valence-corrected chi connectivity index (χ2v) is 8.75. The molecule has 0 radical (unpaired) electrons. The number of carbonyl (C=O) groups is 1. The van der Waals surface area contributed by atoms with Gasteiger partial charge in [0.2, 0.25) is 0 Å². The Morgan fingerprint density at radius 2 is 1.71 bits per heavy atom. The van der Waals surface area contributed by atoms with Gasteiger partial charge in [0, 0.05) is 17.8 Å². The van der Waals surface area contributed by atoms with Crippen LogP contribution in [0.1, 0.15) is 48.9 Å². The van der Waals surface area contributed by atoms with Crippen LogP contribution in [-0.4, -0.2) is 30.1 Å². The van der Waals surface area contributed by atoms with Gasteiger partial charge in [0.25, 0.3) is 15.7 Å². The zero-order chi connectivity index (χ0) is 22.4. The van der Waals surface area contributed by atoms with Crippen LogP contribution >= 0.6 is 0 Å². The van der Waals surface area contributed by atoms with Crippen LogP contribution in [0.2, 0.25) is 0 Å². The van der Waals surface area contributed by atoms with E-state index in [0.29, 0.717) is 0 Å². The quantitative estimate of drug-likeness (QED) is 0.327. The van der Waals surface area contributed by atoms with Crippen molar-refractivity contribution >= 4 is 38.8 Å². The van der Waals surface area contributed by atoms with E-state index in [9.17, 15) is 28.4 Å². The third-order valence-electron chi connectivity index (χ3n) is 4.88. The minimum atomic E-state index is -4.37. The number of carboxylic acid groups (broad SMARTS) is 1. The maximum absolute atomic E-state index is 13.1. The molecule has 0 bridgehead atoms. The van der Waals surface area contributed by atoms with Gasteiger partial charge in [-0.15, -0.1) is 0 Å². The van der Waals surface area contributed by atoms with Gasteiger partial charge in [-0.3, -0.25) is 20.3 Å². The molecule has 0 amide bonds. The van der Waals surface area contributed by atoms with Crippen molar-refractivity contribution in [3.8, 4) is 0 Å². The number of para-hydroxylation sites is 1. The van der Waals surface area contributed by atoms with Crippen molar-refractivity contribution in [1.82, 2.24) is 0 Å². The van der Waals surface area contributed by atoms with E-state index in [1.807, 2.05) is 0 Å². The lowest BCUT2D eigenvalue weighted by Gasteiger charge is -2.14. The van der Waals surface area contributed by atoms with Gasteiger partial charge < -0.3 is 5.11 Å². The van der Waals surface area contributed by atoms with E-state index in [1.165, 1.54) is 36.4 Å². The number of benzene rings is 2. The molecule has 0 saturated heterocycles. The van der Waals surface area contributed by atoms with E-state index in [2.05, 4.69) is 15.2 Å². The van der Waals surface area contributed by atoms with Gasteiger partial charge in [-0.25, -0.2) is 13.2 Å². The first-order chi connectivity index (χ1) is 14.8. The van der Waals surface area contributed by atoms with Crippen LogP contribution in [0.25, 0.3) is 0 Å². The smallest absolute Gasteiger partial charge is 0.337 e. The Morgan fingerprint density at radius 3 is 2.35 bits per heavy atom. The van der Waals surface area contributed by atoms with E-state index in [1.54, 1.807) is 0 Å². The summed E-state index contributed by atoms with van der Waals surface area (Å²) in [5, 5.41) is 24.8. The molecule has 0 atom stereocenters. The Labute approximate surface area is 179 Å². The number of nitro benzene ring substituents is 1. The molecule has 0 aromatic heterocycles. The van der Waals surface area contributed by atoms with Gasteiger partial charge in [0.15, 0.2) is 0 Å². The molecular formula is C20H22N4O6S. The molecule has 11 heteroatoms. The summed E-state index contributed by atoms with van der Waals surface area (Å²) in [6.45, 7) is 0. The first kappa shape index (κ1) is 22.2. The zero-order valence-electron chi connectivity index (χ0n) is 16.6. The number of hydrogen-bond donors (Lipinski definition) is 3. The number of non-ortho nitro benzene ring substituents is 1. The maximum Gasteiger partial charge on any atom is 0.337 e. The number of nitrogens with one attached hydrogen (secondary N) is 2. The minimum Gasteiger partial charge on any atom is -0.478 e. The molecule has 1 aliphatic rings. The van der Waals surface area contributed by atoms with Crippen LogP contribution in [0.15, 0.2) is 52.5 Å². The maximum atomic E-state index is 13.1. The molecule has 1 saturated carbocycles. The number of carboxylic acids is 1. The molecule has 2 aromatic rings. The van der Waals surface area contributed by atoms with E-state index in [4.69, 9.17) is 0 Å². The number of aromatic carboxylic acids is 1. The van der Waals surface area contributed by atoms with Crippen LogP contribution in [0.5, 0.6) is 0 Å². The summed E-state index contributed by atoms with van der Waals surface area (Å²) in [5.41, 5.74) is 2.89. The number of nitrogens with zero attached hydrogens (tertiary/aromatic N) is 2. The highest BCUT2D eigenvalue weighted by molar-refractivity contribution is 7.93. The zero-order valence-corrected chi connectivity index (χ0v) is 17.4. The molecule has 0 unspecified atom stereocenters. The second-order valence-electron chi connectivity index (χ2n) is 7.10. The largest absolute Gasteiger partial charge is 0.478 e. The van der Waals surface area contributed by atoms with Crippen molar-refractivity contribution in [2.45, 2.75) is 43.4 Å². The normalized spacial score (nSPS) is 14.4. The third kappa shape index (κ3) is 5.57. The van der Waals surface area contributed by atoms with Gasteiger partial charge in [0.05, 0.1) is 21.9 Å². The molecule has 1 fully saturated rings. The van der Waals surface area contributed by atoms with E-state index in [0.717, 1.165) is 50.3 Å². The highest BCUT2D eigenvalue weighted by atomic mass is 32.2. The fourth-order valence-corrected chi connectivity index (χ4v) is 4.54. The number of sulfonamides is 1. The molecule has 31 heavy (non-hydrogen) atoms. The van der Waals surface area contributed by atoms with Crippen molar-refractivity contribution in [2.24, 2.45) is 5.10 Å². The van der Waals surface area contributed by atoms with Crippen LogP contribution in [0, 0.1) is 10.1 Å². The standard InChI is InChI=1S/C20H22N4O6S/c25-20(26)16-9-5-6-10-17(16)23-31(29,30)19-13-15(24(27)28)11-12-18(19)22-21-14-7-3-1-2-4-8-14/h5-6,9-13,22-23H,1-4,7-8H2,(H,25,26). The first-order valence-corrected chi connectivity index (χ1v) is 11.2. The summed E-state index contributed by atoms with van der Waals surface area (Å²) in [6, 6.07) is 8.87. The number of anilines is 2.